The molecule has 0 radical (unpaired) electrons. The molecular formula is C28H38N4O3. The normalized spacial score (nSPS) is 16.9. The summed E-state index contributed by atoms with van der Waals surface area (Å²) in [6.07, 6.45) is 3.34. The summed E-state index contributed by atoms with van der Waals surface area (Å²) in [5, 5.41) is 6.01. The minimum Gasteiger partial charge on any atom is -0.494 e. The van der Waals surface area contributed by atoms with Crippen LogP contribution in [0.3, 0.4) is 0 Å². The maximum Gasteiger partial charge on any atom is 0.224 e. The number of anilines is 2. The number of rotatable bonds is 10. The van der Waals surface area contributed by atoms with Crippen molar-refractivity contribution in [3.05, 3.63) is 53.6 Å². The first-order valence-corrected chi connectivity index (χ1v) is 12.9. The Morgan fingerprint density at radius 2 is 1.94 bits per heavy atom. The fourth-order valence-corrected chi connectivity index (χ4v) is 4.72. The van der Waals surface area contributed by atoms with E-state index in [1.807, 2.05) is 18.2 Å². The Kier molecular flexibility index (Phi) is 8.64. The number of carbonyl (C=O) groups is 2. The second-order valence-electron chi connectivity index (χ2n) is 9.74. The SMILES string of the molecule is Cc1cccc(N2CCN(CCC(C)NC(=O)CCCOc3ccc4c(c3)CCC(=O)N4)CC2)c1. The lowest BCUT2D eigenvalue weighted by molar-refractivity contribution is -0.122. The third kappa shape index (κ3) is 7.46. The first-order chi connectivity index (χ1) is 17.0. The van der Waals surface area contributed by atoms with E-state index in [1.54, 1.807) is 0 Å². The highest BCUT2D eigenvalue weighted by Crippen LogP contribution is 2.27. The van der Waals surface area contributed by atoms with E-state index < -0.39 is 0 Å². The Balaban J connectivity index is 1.08. The quantitative estimate of drug-likeness (QED) is 0.509. The maximum absolute atomic E-state index is 12.3. The molecule has 0 aromatic heterocycles. The highest BCUT2D eigenvalue weighted by molar-refractivity contribution is 5.94. The molecule has 2 amide bonds. The Labute approximate surface area is 208 Å². The van der Waals surface area contributed by atoms with Gasteiger partial charge in [0, 0.05) is 63.0 Å². The molecule has 4 rings (SSSR count). The molecule has 0 bridgehead atoms. The molecule has 2 aliphatic rings. The lowest BCUT2D eigenvalue weighted by Gasteiger charge is -2.36. The molecule has 1 atom stereocenters. The molecule has 0 spiro atoms. The van der Waals surface area contributed by atoms with E-state index in [0.29, 0.717) is 25.9 Å². The van der Waals surface area contributed by atoms with Crippen molar-refractivity contribution in [2.24, 2.45) is 0 Å². The van der Waals surface area contributed by atoms with Crippen molar-refractivity contribution >= 4 is 23.2 Å². The molecule has 2 heterocycles. The topological polar surface area (TPSA) is 73.9 Å². The van der Waals surface area contributed by atoms with Gasteiger partial charge in [-0.15, -0.1) is 0 Å². The zero-order valence-corrected chi connectivity index (χ0v) is 21.0. The van der Waals surface area contributed by atoms with Crippen LogP contribution < -0.4 is 20.3 Å². The molecule has 2 aromatic carbocycles. The maximum atomic E-state index is 12.3. The average Bonchev–Trinajstić information content (AvgIpc) is 2.86. The van der Waals surface area contributed by atoms with E-state index in [1.165, 1.54) is 11.3 Å². The van der Waals surface area contributed by atoms with Gasteiger partial charge in [0.1, 0.15) is 5.75 Å². The third-order valence-electron chi connectivity index (χ3n) is 6.81. The predicted molar refractivity (Wildman–Crippen MR) is 140 cm³/mol. The molecule has 1 fully saturated rings. The van der Waals surface area contributed by atoms with E-state index in [0.717, 1.165) is 62.6 Å². The Bertz CT molecular complexity index is 1020. The summed E-state index contributed by atoms with van der Waals surface area (Å²) in [5.41, 5.74) is 4.59. The van der Waals surface area contributed by atoms with Gasteiger partial charge in [-0.25, -0.2) is 0 Å². The highest BCUT2D eigenvalue weighted by atomic mass is 16.5. The number of amides is 2. The summed E-state index contributed by atoms with van der Waals surface area (Å²) in [7, 11) is 0. The van der Waals surface area contributed by atoms with Gasteiger partial charge < -0.3 is 20.3 Å². The van der Waals surface area contributed by atoms with Gasteiger partial charge in [0.25, 0.3) is 0 Å². The molecule has 1 saturated heterocycles. The van der Waals surface area contributed by atoms with Crippen LogP contribution in [-0.4, -0.2) is 62.1 Å². The van der Waals surface area contributed by atoms with E-state index in [-0.39, 0.29) is 17.9 Å². The summed E-state index contributed by atoms with van der Waals surface area (Å²) < 4.78 is 5.82. The summed E-state index contributed by atoms with van der Waals surface area (Å²) in [6, 6.07) is 14.6. The monoisotopic (exact) mass is 478 g/mol. The van der Waals surface area contributed by atoms with Crippen molar-refractivity contribution in [2.45, 2.75) is 52.0 Å². The molecule has 2 aliphatic heterocycles. The van der Waals surface area contributed by atoms with E-state index >= 15 is 0 Å². The van der Waals surface area contributed by atoms with Crippen molar-refractivity contribution in [3.63, 3.8) is 0 Å². The van der Waals surface area contributed by atoms with Gasteiger partial charge in [-0.3, -0.25) is 14.5 Å². The van der Waals surface area contributed by atoms with E-state index in [9.17, 15) is 9.59 Å². The van der Waals surface area contributed by atoms with Crippen molar-refractivity contribution < 1.29 is 14.3 Å². The van der Waals surface area contributed by atoms with Crippen molar-refractivity contribution in [1.82, 2.24) is 10.2 Å². The van der Waals surface area contributed by atoms with Crippen LogP contribution in [0.15, 0.2) is 42.5 Å². The van der Waals surface area contributed by atoms with E-state index in [4.69, 9.17) is 4.74 Å². The molecule has 2 N–H and O–H groups in total. The molecule has 7 nitrogen and oxygen atoms in total. The molecular weight excluding hydrogens is 440 g/mol. The van der Waals surface area contributed by atoms with Gasteiger partial charge in [-0.1, -0.05) is 12.1 Å². The molecule has 0 saturated carbocycles. The van der Waals surface area contributed by atoms with Gasteiger partial charge in [-0.2, -0.15) is 0 Å². The number of piperazine rings is 1. The largest absolute Gasteiger partial charge is 0.494 e. The van der Waals surface area contributed by atoms with Crippen LogP contribution in [0.2, 0.25) is 0 Å². The van der Waals surface area contributed by atoms with Crippen LogP contribution in [0.25, 0.3) is 0 Å². The summed E-state index contributed by atoms with van der Waals surface area (Å²) >= 11 is 0. The molecule has 2 aromatic rings. The minimum atomic E-state index is 0.0621. The number of benzene rings is 2. The smallest absolute Gasteiger partial charge is 0.224 e. The molecule has 35 heavy (non-hydrogen) atoms. The first kappa shape index (κ1) is 25.0. The number of ether oxygens (including phenoxy) is 1. The lowest BCUT2D eigenvalue weighted by atomic mass is 10.0. The Morgan fingerprint density at radius 3 is 2.74 bits per heavy atom. The fourth-order valence-electron chi connectivity index (χ4n) is 4.72. The number of carbonyl (C=O) groups excluding carboxylic acids is 2. The van der Waals surface area contributed by atoms with Gasteiger partial charge >= 0.3 is 0 Å². The number of hydrogen-bond donors (Lipinski definition) is 2. The average molecular weight is 479 g/mol. The van der Waals surface area contributed by atoms with Gasteiger partial charge in [0.05, 0.1) is 6.61 Å². The summed E-state index contributed by atoms with van der Waals surface area (Å²) in [5.74, 6) is 0.932. The highest BCUT2D eigenvalue weighted by Gasteiger charge is 2.18. The first-order valence-electron chi connectivity index (χ1n) is 12.9. The number of aryl methyl sites for hydroxylation is 2. The van der Waals surface area contributed by atoms with Crippen molar-refractivity contribution in [1.29, 1.82) is 0 Å². The van der Waals surface area contributed by atoms with Crippen LogP contribution in [0.5, 0.6) is 5.75 Å². The van der Waals surface area contributed by atoms with Gasteiger partial charge in [-0.05, 0) is 74.6 Å². The van der Waals surface area contributed by atoms with Crippen LogP contribution in [0.1, 0.15) is 43.7 Å². The number of hydrogen-bond acceptors (Lipinski definition) is 5. The van der Waals surface area contributed by atoms with Crippen LogP contribution in [0, 0.1) is 6.92 Å². The number of nitrogens with one attached hydrogen (secondary N) is 2. The van der Waals surface area contributed by atoms with Crippen LogP contribution in [-0.2, 0) is 16.0 Å². The minimum absolute atomic E-state index is 0.0621. The van der Waals surface area contributed by atoms with Crippen molar-refractivity contribution in [3.8, 4) is 5.75 Å². The molecule has 0 aliphatic carbocycles. The van der Waals surface area contributed by atoms with Gasteiger partial charge in [0.15, 0.2) is 0 Å². The zero-order valence-electron chi connectivity index (χ0n) is 21.0. The van der Waals surface area contributed by atoms with Crippen molar-refractivity contribution in [2.75, 3.05) is 49.5 Å². The standard InChI is InChI=1S/C28H38N4O3/c1-21-5-3-6-24(19-21)32-16-14-31(15-17-32)13-12-22(2)29-27(33)7-4-18-35-25-9-10-26-23(20-25)8-11-28(34)30-26/h3,5-6,9-10,19-20,22H,4,7-8,11-18H2,1-2H3,(H,29,33)(H,30,34). The third-order valence-corrected chi connectivity index (χ3v) is 6.81. The Hall–Kier alpha value is -3.06. The Morgan fingerprint density at radius 1 is 1.11 bits per heavy atom. The molecule has 7 heteroatoms. The summed E-state index contributed by atoms with van der Waals surface area (Å²) in [4.78, 5) is 28.8. The predicted octanol–water partition coefficient (Wildman–Crippen LogP) is 3.76. The molecule has 188 valence electrons. The van der Waals surface area contributed by atoms with Gasteiger partial charge in [0.2, 0.25) is 11.8 Å². The van der Waals surface area contributed by atoms with Crippen LogP contribution in [0.4, 0.5) is 11.4 Å². The summed E-state index contributed by atoms with van der Waals surface area (Å²) in [6.45, 7) is 9.93. The second kappa shape index (κ2) is 12.1. The zero-order chi connectivity index (χ0) is 24.6. The number of nitrogens with zero attached hydrogens (tertiary/aromatic N) is 2. The number of fused-ring (bicyclic) bond motifs is 1. The van der Waals surface area contributed by atoms with E-state index in [2.05, 4.69) is 58.5 Å². The second-order valence-corrected chi connectivity index (χ2v) is 9.74. The lowest BCUT2D eigenvalue weighted by Crippen LogP contribution is -2.47. The van der Waals surface area contributed by atoms with Crippen LogP contribution >= 0.6 is 0 Å². The molecule has 1 unspecified atom stereocenters. The fraction of sp³-hybridized carbons (Fsp3) is 0.500.